The van der Waals surface area contributed by atoms with Gasteiger partial charge in [0.2, 0.25) is 5.91 Å². The van der Waals surface area contributed by atoms with Gasteiger partial charge in [-0.15, -0.1) is 0 Å². The molecule has 0 unspecified atom stereocenters. The Kier molecular flexibility index (Phi) is 3.73. The van der Waals surface area contributed by atoms with E-state index in [9.17, 15) is 4.79 Å². The number of hydrogen-bond acceptors (Lipinski definition) is 3. The van der Waals surface area contributed by atoms with Gasteiger partial charge in [-0.25, -0.2) is 0 Å². The van der Waals surface area contributed by atoms with E-state index in [1.54, 1.807) is 6.07 Å². The summed E-state index contributed by atoms with van der Waals surface area (Å²) in [6.07, 6.45) is 0. The quantitative estimate of drug-likeness (QED) is 0.873. The highest BCUT2D eigenvalue weighted by atomic mass is 35.5. The molecule has 4 nitrogen and oxygen atoms in total. The molecule has 1 aromatic carbocycles. The second-order valence-corrected chi connectivity index (χ2v) is 4.40. The molecule has 1 amide bonds. The summed E-state index contributed by atoms with van der Waals surface area (Å²) in [5, 5.41) is 20.3. The number of benzene rings is 1. The molecular formula is C12H10ClN3O. The topological polar surface area (TPSA) is 76.7 Å². The van der Waals surface area contributed by atoms with Crippen molar-refractivity contribution >= 4 is 23.2 Å². The first-order chi connectivity index (χ1) is 7.90. The highest BCUT2D eigenvalue weighted by Crippen LogP contribution is 2.22. The lowest BCUT2D eigenvalue weighted by Crippen LogP contribution is -2.29. The van der Waals surface area contributed by atoms with Crippen molar-refractivity contribution in [2.24, 2.45) is 5.41 Å². The molecule has 17 heavy (non-hydrogen) atoms. The van der Waals surface area contributed by atoms with Crippen molar-refractivity contribution in [2.75, 3.05) is 5.32 Å². The summed E-state index contributed by atoms with van der Waals surface area (Å²) in [6.45, 7) is 3.04. The van der Waals surface area contributed by atoms with Crippen LogP contribution in [0.5, 0.6) is 0 Å². The molecule has 0 aliphatic carbocycles. The van der Waals surface area contributed by atoms with Gasteiger partial charge in [-0.1, -0.05) is 11.6 Å². The number of carbonyl (C=O) groups excluding carboxylic acids is 1. The Bertz CT molecular complexity index is 538. The van der Waals surface area contributed by atoms with Crippen LogP contribution in [-0.4, -0.2) is 5.91 Å². The molecule has 0 spiro atoms. The maximum Gasteiger partial charge on any atom is 0.244 e. The van der Waals surface area contributed by atoms with Gasteiger partial charge in [-0.3, -0.25) is 4.79 Å². The lowest BCUT2D eigenvalue weighted by Gasteiger charge is -2.15. The second kappa shape index (κ2) is 4.86. The third kappa shape index (κ3) is 2.96. The number of carbonyl (C=O) groups is 1. The molecule has 5 heteroatoms. The number of halogens is 1. The number of rotatable bonds is 2. The fraction of sp³-hybridized carbons (Fsp3) is 0.250. The van der Waals surface area contributed by atoms with Gasteiger partial charge in [0.1, 0.15) is 11.5 Å². The Morgan fingerprint density at radius 3 is 2.53 bits per heavy atom. The van der Waals surface area contributed by atoms with Gasteiger partial charge in [0, 0.05) is 5.69 Å². The SMILES string of the molecule is CC(C)(C#N)C(=O)Nc1ccc(C#N)c(Cl)c1. The molecule has 0 heterocycles. The summed E-state index contributed by atoms with van der Waals surface area (Å²) in [5.41, 5.74) is -0.313. The normalized spacial score (nSPS) is 10.2. The summed E-state index contributed by atoms with van der Waals surface area (Å²) in [7, 11) is 0. The smallest absolute Gasteiger partial charge is 0.244 e. The molecular weight excluding hydrogens is 238 g/mol. The number of nitrogens with one attached hydrogen (secondary N) is 1. The van der Waals surface area contributed by atoms with Gasteiger partial charge in [0.15, 0.2) is 0 Å². The van der Waals surface area contributed by atoms with Crippen LogP contribution in [0.25, 0.3) is 0 Å². The third-order valence-corrected chi connectivity index (χ3v) is 2.51. The number of anilines is 1. The second-order valence-electron chi connectivity index (χ2n) is 4.00. The van der Waals surface area contributed by atoms with Crippen LogP contribution in [0, 0.1) is 28.1 Å². The first kappa shape index (κ1) is 13.0. The minimum Gasteiger partial charge on any atom is -0.325 e. The fourth-order valence-electron chi connectivity index (χ4n) is 1.02. The largest absolute Gasteiger partial charge is 0.325 e. The van der Waals surface area contributed by atoms with Crippen molar-refractivity contribution in [3.05, 3.63) is 28.8 Å². The highest BCUT2D eigenvalue weighted by Gasteiger charge is 2.27. The van der Waals surface area contributed by atoms with Crippen LogP contribution in [0.3, 0.4) is 0 Å². The standard InChI is InChI=1S/C12H10ClN3O/c1-12(2,7-15)11(17)16-9-4-3-8(6-14)10(13)5-9/h3-5H,1-2H3,(H,16,17). The molecule has 86 valence electrons. The van der Waals surface area contributed by atoms with Crippen LogP contribution in [0.15, 0.2) is 18.2 Å². The van der Waals surface area contributed by atoms with Crippen LogP contribution in [0.1, 0.15) is 19.4 Å². The molecule has 0 aliphatic rings. The van der Waals surface area contributed by atoms with E-state index in [1.165, 1.54) is 26.0 Å². The predicted octanol–water partition coefficient (Wildman–Crippen LogP) is 2.70. The monoisotopic (exact) mass is 247 g/mol. The fourth-order valence-corrected chi connectivity index (χ4v) is 1.24. The summed E-state index contributed by atoms with van der Waals surface area (Å²) < 4.78 is 0. The summed E-state index contributed by atoms with van der Waals surface area (Å²) in [6, 6.07) is 8.38. The molecule has 0 aliphatic heterocycles. The summed E-state index contributed by atoms with van der Waals surface area (Å²) in [5.74, 6) is -0.416. The van der Waals surface area contributed by atoms with Gasteiger partial charge in [-0.2, -0.15) is 10.5 Å². The summed E-state index contributed by atoms with van der Waals surface area (Å²) in [4.78, 5) is 11.7. The summed E-state index contributed by atoms with van der Waals surface area (Å²) >= 11 is 5.82. The zero-order valence-electron chi connectivity index (χ0n) is 9.41. The first-order valence-electron chi connectivity index (χ1n) is 4.83. The van der Waals surface area contributed by atoms with Crippen molar-refractivity contribution in [3.63, 3.8) is 0 Å². The first-order valence-corrected chi connectivity index (χ1v) is 5.21. The average Bonchev–Trinajstić information content (AvgIpc) is 2.29. The third-order valence-electron chi connectivity index (χ3n) is 2.19. The van der Waals surface area contributed by atoms with Crippen LogP contribution in [0.2, 0.25) is 5.02 Å². The Morgan fingerprint density at radius 1 is 1.41 bits per heavy atom. The van der Waals surface area contributed by atoms with Crippen LogP contribution in [0.4, 0.5) is 5.69 Å². The van der Waals surface area contributed by atoms with Gasteiger partial charge in [-0.05, 0) is 32.0 Å². The molecule has 1 rings (SSSR count). The molecule has 1 aromatic rings. The van der Waals surface area contributed by atoms with Crippen molar-refractivity contribution in [1.82, 2.24) is 0 Å². The van der Waals surface area contributed by atoms with Crippen molar-refractivity contribution < 1.29 is 4.79 Å². The Morgan fingerprint density at radius 2 is 2.06 bits per heavy atom. The van der Waals surface area contributed by atoms with Gasteiger partial charge in [0.05, 0.1) is 16.7 Å². The lowest BCUT2D eigenvalue weighted by atomic mass is 9.94. The lowest BCUT2D eigenvalue weighted by molar-refractivity contribution is -0.121. The number of nitrogens with zero attached hydrogens (tertiary/aromatic N) is 2. The van der Waals surface area contributed by atoms with E-state index in [2.05, 4.69) is 5.32 Å². The molecule has 0 bridgehead atoms. The number of hydrogen-bond donors (Lipinski definition) is 1. The molecule has 0 saturated heterocycles. The Hall–Kier alpha value is -2.04. The molecule has 0 radical (unpaired) electrons. The van der Waals surface area contributed by atoms with E-state index in [4.69, 9.17) is 22.1 Å². The van der Waals surface area contributed by atoms with E-state index in [-0.39, 0.29) is 5.02 Å². The molecule has 0 fully saturated rings. The maximum atomic E-state index is 11.7. The Labute approximate surface area is 104 Å². The minimum absolute atomic E-state index is 0.264. The van der Waals surface area contributed by atoms with Crippen LogP contribution < -0.4 is 5.32 Å². The van der Waals surface area contributed by atoms with Crippen molar-refractivity contribution in [1.29, 1.82) is 10.5 Å². The van der Waals surface area contributed by atoms with Crippen molar-refractivity contribution in [3.8, 4) is 12.1 Å². The van der Waals surface area contributed by atoms with E-state index in [0.29, 0.717) is 11.3 Å². The van der Waals surface area contributed by atoms with E-state index in [0.717, 1.165) is 0 Å². The van der Waals surface area contributed by atoms with Gasteiger partial charge < -0.3 is 5.32 Å². The van der Waals surface area contributed by atoms with Crippen LogP contribution >= 0.6 is 11.6 Å². The van der Waals surface area contributed by atoms with Crippen LogP contribution in [-0.2, 0) is 4.79 Å². The zero-order chi connectivity index (χ0) is 13.1. The molecule has 1 N–H and O–H groups in total. The van der Waals surface area contributed by atoms with E-state index >= 15 is 0 Å². The Balaban J connectivity index is 2.92. The van der Waals surface area contributed by atoms with Gasteiger partial charge in [0.25, 0.3) is 0 Å². The predicted molar refractivity (Wildman–Crippen MR) is 64.2 cm³/mol. The molecule has 0 atom stereocenters. The minimum atomic E-state index is -1.11. The zero-order valence-corrected chi connectivity index (χ0v) is 10.2. The highest BCUT2D eigenvalue weighted by molar-refractivity contribution is 6.32. The number of nitriles is 2. The molecule has 0 saturated carbocycles. The van der Waals surface area contributed by atoms with E-state index in [1.807, 2.05) is 12.1 Å². The average molecular weight is 248 g/mol. The number of amides is 1. The maximum absolute atomic E-state index is 11.7. The van der Waals surface area contributed by atoms with Crippen molar-refractivity contribution in [2.45, 2.75) is 13.8 Å². The van der Waals surface area contributed by atoms with E-state index < -0.39 is 11.3 Å². The van der Waals surface area contributed by atoms with Gasteiger partial charge >= 0.3 is 0 Å². The molecule has 0 aromatic heterocycles.